The molecule has 1 fully saturated rings. The zero-order chi connectivity index (χ0) is 16.7. The number of imide groups is 1. The van der Waals surface area contributed by atoms with Crippen LogP contribution in [-0.4, -0.2) is 33.8 Å². The van der Waals surface area contributed by atoms with Crippen LogP contribution in [0.1, 0.15) is 26.3 Å². The third-order valence-corrected chi connectivity index (χ3v) is 3.47. The molecule has 1 aliphatic rings. The second-order valence-corrected chi connectivity index (χ2v) is 6.24. The standard InChI is InChI=1S/C14H18N4O4/c1-13(2,15)8-17-11(19)14(3,16-12(17)20)9-5-4-6-10(7-9)18(21)22/h4-7H,8,15H2,1-3H3,(H,16,20). The molecule has 1 atom stereocenters. The van der Waals surface area contributed by atoms with Crippen molar-refractivity contribution >= 4 is 17.6 Å². The summed E-state index contributed by atoms with van der Waals surface area (Å²) in [6.45, 7) is 4.99. The lowest BCUT2D eigenvalue weighted by Crippen LogP contribution is -2.48. The molecule has 0 aliphatic carbocycles. The van der Waals surface area contributed by atoms with Crippen molar-refractivity contribution in [3.05, 3.63) is 39.9 Å². The maximum atomic E-state index is 12.6. The number of rotatable bonds is 4. The molecule has 118 valence electrons. The zero-order valence-electron chi connectivity index (χ0n) is 12.6. The van der Waals surface area contributed by atoms with Crippen LogP contribution < -0.4 is 11.1 Å². The summed E-state index contributed by atoms with van der Waals surface area (Å²) in [5.74, 6) is -0.475. The van der Waals surface area contributed by atoms with Gasteiger partial charge < -0.3 is 11.1 Å². The molecule has 3 N–H and O–H groups in total. The molecule has 3 amide bonds. The highest BCUT2D eigenvalue weighted by Gasteiger charge is 2.50. The van der Waals surface area contributed by atoms with Crippen molar-refractivity contribution < 1.29 is 14.5 Å². The van der Waals surface area contributed by atoms with Crippen molar-refractivity contribution in [1.82, 2.24) is 10.2 Å². The summed E-state index contributed by atoms with van der Waals surface area (Å²) < 4.78 is 0. The minimum Gasteiger partial charge on any atom is -0.324 e. The fourth-order valence-electron chi connectivity index (χ4n) is 2.37. The first-order chi connectivity index (χ1) is 10.0. The molecule has 22 heavy (non-hydrogen) atoms. The smallest absolute Gasteiger partial charge is 0.324 e. The van der Waals surface area contributed by atoms with Gasteiger partial charge in [-0.25, -0.2) is 4.79 Å². The molecule has 1 aromatic rings. The highest BCUT2D eigenvalue weighted by Crippen LogP contribution is 2.31. The Balaban J connectivity index is 2.39. The van der Waals surface area contributed by atoms with Gasteiger partial charge in [0.25, 0.3) is 11.6 Å². The van der Waals surface area contributed by atoms with E-state index >= 15 is 0 Å². The van der Waals surface area contributed by atoms with Crippen LogP contribution in [-0.2, 0) is 10.3 Å². The van der Waals surface area contributed by atoms with Crippen LogP contribution in [0.2, 0.25) is 0 Å². The predicted octanol–water partition coefficient (Wildman–Crippen LogP) is 1.10. The summed E-state index contributed by atoms with van der Waals surface area (Å²) in [4.78, 5) is 36.1. The van der Waals surface area contributed by atoms with Crippen LogP contribution in [0.3, 0.4) is 0 Å². The average Bonchev–Trinajstić information content (AvgIpc) is 2.62. The van der Waals surface area contributed by atoms with E-state index < -0.39 is 27.9 Å². The van der Waals surface area contributed by atoms with Gasteiger partial charge in [0.15, 0.2) is 0 Å². The molecule has 8 nitrogen and oxygen atoms in total. The van der Waals surface area contributed by atoms with Crippen LogP contribution in [0.5, 0.6) is 0 Å². The summed E-state index contributed by atoms with van der Waals surface area (Å²) >= 11 is 0. The second kappa shape index (κ2) is 5.06. The van der Waals surface area contributed by atoms with Crippen molar-refractivity contribution in [2.75, 3.05) is 6.54 Å². The number of benzene rings is 1. The number of nitrogens with two attached hydrogens (primary N) is 1. The van der Waals surface area contributed by atoms with E-state index in [0.717, 1.165) is 4.90 Å². The van der Waals surface area contributed by atoms with Gasteiger partial charge in [-0.3, -0.25) is 19.8 Å². The first-order valence-electron chi connectivity index (χ1n) is 6.72. The van der Waals surface area contributed by atoms with E-state index in [1.54, 1.807) is 19.9 Å². The molecular weight excluding hydrogens is 288 g/mol. The predicted molar refractivity (Wildman–Crippen MR) is 79.0 cm³/mol. The van der Waals surface area contributed by atoms with Gasteiger partial charge in [0.05, 0.1) is 4.92 Å². The van der Waals surface area contributed by atoms with Crippen molar-refractivity contribution in [2.24, 2.45) is 5.73 Å². The van der Waals surface area contributed by atoms with Gasteiger partial charge in [-0.05, 0) is 26.3 Å². The third kappa shape index (κ3) is 2.77. The minimum absolute atomic E-state index is 0.0577. The van der Waals surface area contributed by atoms with Gasteiger partial charge in [0.1, 0.15) is 5.54 Å². The number of hydrogen-bond donors (Lipinski definition) is 2. The fraction of sp³-hybridized carbons (Fsp3) is 0.429. The van der Waals surface area contributed by atoms with Crippen LogP contribution >= 0.6 is 0 Å². The molecule has 0 bridgehead atoms. The summed E-state index contributed by atoms with van der Waals surface area (Å²) in [5.41, 5.74) is 4.01. The van der Waals surface area contributed by atoms with E-state index in [-0.39, 0.29) is 12.2 Å². The number of nitrogens with zero attached hydrogens (tertiary/aromatic N) is 2. The number of carbonyl (C=O) groups is 2. The second-order valence-electron chi connectivity index (χ2n) is 6.24. The molecule has 1 unspecified atom stereocenters. The number of nitro benzene ring substituents is 1. The number of hydrogen-bond acceptors (Lipinski definition) is 5. The first-order valence-corrected chi connectivity index (χ1v) is 6.72. The average molecular weight is 306 g/mol. The van der Waals surface area contributed by atoms with E-state index in [2.05, 4.69) is 5.32 Å². The maximum absolute atomic E-state index is 12.6. The van der Waals surface area contributed by atoms with Gasteiger partial charge in [-0.2, -0.15) is 0 Å². The number of non-ortho nitro benzene ring substituents is 1. The molecule has 2 rings (SSSR count). The van der Waals surface area contributed by atoms with Crippen LogP contribution in [0.4, 0.5) is 10.5 Å². The zero-order valence-corrected chi connectivity index (χ0v) is 12.6. The Labute approximate surface area is 127 Å². The van der Waals surface area contributed by atoms with Crippen molar-refractivity contribution in [1.29, 1.82) is 0 Å². The molecule has 1 saturated heterocycles. The number of carbonyl (C=O) groups excluding carboxylic acids is 2. The Kier molecular flexibility index (Phi) is 3.66. The summed E-state index contributed by atoms with van der Waals surface area (Å²) in [6, 6.07) is 5.11. The third-order valence-electron chi connectivity index (χ3n) is 3.47. The van der Waals surface area contributed by atoms with Gasteiger partial charge in [0, 0.05) is 24.2 Å². The van der Waals surface area contributed by atoms with E-state index in [0.29, 0.717) is 5.56 Å². The fourth-order valence-corrected chi connectivity index (χ4v) is 2.37. The topological polar surface area (TPSA) is 119 Å². The van der Waals surface area contributed by atoms with E-state index in [1.165, 1.54) is 25.1 Å². The Hall–Kier alpha value is -2.48. The van der Waals surface area contributed by atoms with Crippen LogP contribution in [0, 0.1) is 10.1 Å². The summed E-state index contributed by atoms with van der Waals surface area (Å²) in [7, 11) is 0. The lowest BCUT2D eigenvalue weighted by molar-refractivity contribution is -0.385. The van der Waals surface area contributed by atoms with Gasteiger partial charge in [-0.15, -0.1) is 0 Å². The molecular formula is C14H18N4O4. The number of urea groups is 1. The first kappa shape index (κ1) is 15.9. The minimum atomic E-state index is -1.34. The number of amides is 3. The van der Waals surface area contributed by atoms with E-state index in [1.807, 2.05) is 0 Å². The SMILES string of the molecule is CC(C)(N)CN1C(=O)NC(C)(c2cccc([N+](=O)[O-])c2)C1=O. The Morgan fingerprint density at radius 2 is 2.05 bits per heavy atom. The lowest BCUT2D eigenvalue weighted by atomic mass is 9.91. The quantitative estimate of drug-likeness (QED) is 0.490. The molecule has 0 spiro atoms. The Morgan fingerprint density at radius 1 is 1.41 bits per heavy atom. The summed E-state index contributed by atoms with van der Waals surface area (Å²) in [6.07, 6.45) is 0. The maximum Gasteiger partial charge on any atom is 0.325 e. The monoisotopic (exact) mass is 306 g/mol. The highest BCUT2D eigenvalue weighted by molar-refractivity contribution is 6.07. The van der Waals surface area contributed by atoms with Crippen LogP contribution in [0.25, 0.3) is 0 Å². The largest absolute Gasteiger partial charge is 0.325 e. The lowest BCUT2D eigenvalue weighted by Gasteiger charge is -2.26. The molecule has 1 aliphatic heterocycles. The van der Waals surface area contributed by atoms with E-state index in [9.17, 15) is 19.7 Å². The molecule has 0 aromatic heterocycles. The van der Waals surface area contributed by atoms with Crippen molar-refractivity contribution in [3.63, 3.8) is 0 Å². The molecule has 0 saturated carbocycles. The van der Waals surface area contributed by atoms with Gasteiger partial charge in [0.2, 0.25) is 0 Å². The van der Waals surface area contributed by atoms with Gasteiger partial charge >= 0.3 is 6.03 Å². The molecule has 1 heterocycles. The Morgan fingerprint density at radius 3 is 2.59 bits per heavy atom. The summed E-state index contributed by atoms with van der Waals surface area (Å²) in [5, 5.41) is 13.5. The van der Waals surface area contributed by atoms with Crippen LogP contribution in [0.15, 0.2) is 24.3 Å². The molecule has 0 radical (unpaired) electrons. The van der Waals surface area contributed by atoms with E-state index in [4.69, 9.17) is 5.73 Å². The molecule has 8 heteroatoms. The highest BCUT2D eigenvalue weighted by atomic mass is 16.6. The number of nitrogens with one attached hydrogen (secondary N) is 1. The van der Waals surface area contributed by atoms with Gasteiger partial charge in [-0.1, -0.05) is 12.1 Å². The van der Waals surface area contributed by atoms with Crippen molar-refractivity contribution in [3.8, 4) is 0 Å². The molecule has 1 aromatic carbocycles. The van der Waals surface area contributed by atoms with Crippen molar-refractivity contribution in [2.45, 2.75) is 31.8 Å². The Bertz CT molecular complexity index is 652. The number of nitro groups is 1. The normalized spacial score (nSPS) is 21.9.